The van der Waals surface area contributed by atoms with Crippen LogP contribution in [0.2, 0.25) is 0 Å². The fraction of sp³-hybridized carbons (Fsp3) is 0.476. The van der Waals surface area contributed by atoms with Gasteiger partial charge in [0.15, 0.2) is 0 Å². The van der Waals surface area contributed by atoms with E-state index in [-0.39, 0.29) is 30.7 Å². The lowest BCUT2D eigenvalue weighted by atomic mass is 9.99. The molecule has 1 aromatic carbocycles. The summed E-state index contributed by atoms with van der Waals surface area (Å²) in [6, 6.07) is 4.80. The Balaban J connectivity index is 0.00000450. The van der Waals surface area contributed by atoms with Gasteiger partial charge in [0.1, 0.15) is 12.1 Å². The third-order valence-electron chi connectivity index (χ3n) is 4.98. The standard InChI is InChI=1S/C21H30N4O4.ClH/c1-11(2)17(22)19(26)25-18(12(3)4)20(27)24-16(21(28)29)9-13-10-23-15-8-6-5-7-14(13)15;/h5-8,10-12,16-18,23H,9,22H2,1-4H3,(H,24,27)(H,25,26)(H,28,29);1H/t16-,17?,18?;/m0./s1. The number of aromatic nitrogens is 1. The molecule has 2 rings (SSSR count). The molecular formula is C21H31ClN4O4. The Bertz CT molecular complexity index is 881. The van der Waals surface area contributed by atoms with Gasteiger partial charge in [0.05, 0.1) is 6.04 Å². The van der Waals surface area contributed by atoms with Crippen LogP contribution in [0, 0.1) is 11.8 Å². The fourth-order valence-electron chi connectivity index (χ4n) is 3.07. The molecule has 2 amide bonds. The smallest absolute Gasteiger partial charge is 0.326 e. The summed E-state index contributed by atoms with van der Waals surface area (Å²) in [5.41, 5.74) is 7.55. The number of carboxylic acid groups (broad SMARTS) is 1. The molecule has 0 aliphatic carbocycles. The number of carboxylic acids is 1. The van der Waals surface area contributed by atoms with Crippen LogP contribution in [0.4, 0.5) is 0 Å². The van der Waals surface area contributed by atoms with Gasteiger partial charge in [-0.3, -0.25) is 9.59 Å². The van der Waals surface area contributed by atoms with Gasteiger partial charge in [-0.05, 0) is 23.5 Å². The van der Waals surface area contributed by atoms with Gasteiger partial charge in [0.2, 0.25) is 11.8 Å². The number of benzene rings is 1. The van der Waals surface area contributed by atoms with E-state index in [2.05, 4.69) is 15.6 Å². The highest BCUT2D eigenvalue weighted by Gasteiger charge is 2.30. The number of amides is 2. The van der Waals surface area contributed by atoms with Crippen molar-refractivity contribution < 1.29 is 19.5 Å². The Labute approximate surface area is 182 Å². The summed E-state index contributed by atoms with van der Waals surface area (Å²) in [4.78, 5) is 39.9. The molecule has 2 aromatic rings. The highest BCUT2D eigenvalue weighted by Crippen LogP contribution is 2.19. The summed E-state index contributed by atoms with van der Waals surface area (Å²) in [5.74, 6) is -2.44. The van der Waals surface area contributed by atoms with Crippen molar-refractivity contribution >= 4 is 41.1 Å². The van der Waals surface area contributed by atoms with Crippen molar-refractivity contribution in [1.29, 1.82) is 0 Å². The summed E-state index contributed by atoms with van der Waals surface area (Å²) >= 11 is 0. The molecule has 0 spiro atoms. The summed E-state index contributed by atoms with van der Waals surface area (Å²) in [7, 11) is 0. The number of rotatable bonds is 9. The summed E-state index contributed by atoms with van der Waals surface area (Å²) < 4.78 is 0. The molecule has 9 heteroatoms. The van der Waals surface area contributed by atoms with Gasteiger partial charge < -0.3 is 26.5 Å². The fourth-order valence-corrected chi connectivity index (χ4v) is 3.07. The van der Waals surface area contributed by atoms with Crippen LogP contribution in [0.15, 0.2) is 30.5 Å². The maximum Gasteiger partial charge on any atom is 0.326 e. The van der Waals surface area contributed by atoms with Gasteiger partial charge >= 0.3 is 5.97 Å². The molecule has 3 atom stereocenters. The number of hydrogen-bond acceptors (Lipinski definition) is 4. The maximum atomic E-state index is 12.8. The van der Waals surface area contributed by atoms with Crippen molar-refractivity contribution in [2.45, 2.75) is 52.2 Å². The van der Waals surface area contributed by atoms with Gasteiger partial charge in [-0.15, -0.1) is 12.4 Å². The number of H-pyrrole nitrogens is 1. The van der Waals surface area contributed by atoms with Crippen molar-refractivity contribution in [3.05, 3.63) is 36.0 Å². The number of para-hydroxylation sites is 1. The van der Waals surface area contributed by atoms with Gasteiger partial charge in [-0.1, -0.05) is 45.9 Å². The SMILES string of the molecule is CC(C)C(N)C(=O)NC(C(=O)N[C@@H](Cc1c[nH]c2ccccc12)C(=O)O)C(C)C.Cl. The second kappa shape index (κ2) is 11.0. The molecule has 1 heterocycles. The molecule has 8 nitrogen and oxygen atoms in total. The minimum Gasteiger partial charge on any atom is -0.480 e. The molecular weight excluding hydrogens is 408 g/mol. The normalized spacial score (nSPS) is 14.1. The van der Waals surface area contributed by atoms with Crippen molar-refractivity contribution in [1.82, 2.24) is 15.6 Å². The molecule has 0 aliphatic rings. The predicted octanol–water partition coefficient (Wildman–Crippen LogP) is 1.83. The Hall–Kier alpha value is -2.58. The first-order chi connectivity index (χ1) is 13.6. The van der Waals surface area contributed by atoms with Crippen molar-refractivity contribution in [2.24, 2.45) is 17.6 Å². The Morgan fingerprint density at radius 2 is 1.67 bits per heavy atom. The molecule has 2 unspecified atom stereocenters. The Morgan fingerprint density at radius 1 is 1.03 bits per heavy atom. The summed E-state index contributed by atoms with van der Waals surface area (Å²) in [6.45, 7) is 7.19. The monoisotopic (exact) mass is 438 g/mol. The molecule has 1 aromatic heterocycles. The number of halogens is 1. The lowest BCUT2D eigenvalue weighted by molar-refractivity contribution is -0.142. The second-order valence-electron chi connectivity index (χ2n) is 7.96. The highest BCUT2D eigenvalue weighted by molar-refractivity contribution is 5.92. The Kier molecular flexibility index (Phi) is 9.32. The first-order valence-electron chi connectivity index (χ1n) is 9.76. The van der Waals surface area contributed by atoms with Crippen molar-refractivity contribution in [3.63, 3.8) is 0 Å². The molecule has 0 radical (unpaired) electrons. The van der Waals surface area contributed by atoms with E-state index >= 15 is 0 Å². The number of fused-ring (bicyclic) bond motifs is 1. The first kappa shape index (κ1) is 25.5. The van der Waals surface area contributed by atoms with E-state index in [4.69, 9.17) is 5.73 Å². The number of aromatic amines is 1. The number of carbonyl (C=O) groups is 3. The zero-order valence-corrected chi connectivity index (χ0v) is 18.5. The van der Waals surface area contributed by atoms with Crippen LogP contribution in [0.25, 0.3) is 10.9 Å². The maximum absolute atomic E-state index is 12.8. The van der Waals surface area contributed by atoms with Crippen molar-refractivity contribution in [3.8, 4) is 0 Å². The summed E-state index contributed by atoms with van der Waals surface area (Å²) in [5, 5.41) is 15.8. The van der Waals surface area contributed by atoms with E-state index in [1.165, 1.54) is 0 Å². The number of aliphatic carboxylic acids is 1. The van der Waals surface area contributed by atoms with Gasteiger partial charge in [-0.2, -0.15) is 0 Å². The second-order valence-corrected chi connectivity index (χ2v) is 7.96. The topological polar surface area (TPSA) is 137 Å². The average Bonchev–Trinajstić information content (AvgIpc) is 3.07. The van der Waals surface area contributed by atoms with E-state index in [1.54, 1.807) is 20.0 Å². The predicted molar refractivity (Wildman–Crippen MR) is 118 cm³/mol. The Morgan fingerprint density at radius 3 is 2.23 bits per heavy atom. The summed E-state index contributed by atoms with van der Waals surface area (Å²) in [6.07, 6.45) is 1.87. The zero-order valence-electron chi connectivity index (χ0n) is 17.6. The lowest BCUT2D eigenvalue weighted by Gasteiger charge is -2.26. The number of hydrogen-bond donors (Lipinski definition) is 5. The van der Waals surface area contributed by atoms with Crippen LogP contribution < -0.4 is 16.4 Å². The van der Waals surface area contributed by atoms with E-state index in [1.807, 2.05) is 38.1 Å². The highest BCUT2D eigenvalue weighted by atomic mass is 35.5. The average molecular weight is 439 g/mol. The number of nitrogens with one attached hydrogen (secondary N) is 3. The third-order valence-corrected chi connectivity index (χ3v) is 4.98. The lowest BCUT2D eigenvalue weighted by Crippen LogP contribution is -2.57. The number of carbonyl (C=O) groups excluding carboxylic acids is 2. The molecule has 0 aliphatic heterocycles. The molecule has 30 heavy (non-hydrogen) atoms. The van der Waals surface area contributed by atoms with Crippen LogP contribution in [0.5, 0.6) is 0 Å². The van der Waals surface area contributed by atoms with Crippen LogP contribution >= 0.6 is 12.4 Å². The quantitative estimate of drug-likeness (QED) is 0.406. The van der Waals surface area contributed by atoms with Gasteiger partial charge in [0, 0.05) is 23.5 Å². The molecule has 6 N–H and O–H groups in total. The molecule has 0 fully saturated rings. The van der Waals surface area contributed by atoms with Crippen LogP contribution in [-0.4, -0.2) is 46.0 Å². The van der Waals surface area contributed by atoms with Gasteiger partial charge in [-0.25, -0.2) is 4.79 Å². The minimum absolute atomic E-state index is 0. The van der Waals surface area contributed by atoms with Crippen LogP contribution in [0.1, 0.15) is 33.3 Å². The minimum atomic E-state index is -1.14. The molecule has 0 saturated carbocycles. The molecule has 0 bridgehead atoms. The van der Waals surface area contributed by atoms with Crippen LogP contribution in [-0.2, 0) is 20.8 Å². The number of nitrogens with two attached hydrogens (primary N) is 1. The first-order valence-corrected chi connectivity index (χ1v) is 9.76. The zero-order chi connectivity index (χ0) is 21.7. The molecule has 166 valence electrons. The van der Waals surface area contributed by atoms with E-state index in [9.17, 15) is 19.5 Å². The van der Waals surface area contributed by atoms with Crippen molar-refractivity contribution in [2.75, 3.05) is 0 Å². The van der Waals surface area contributed by atoms with Crippen LogP contribution in [0.3, 0.4) is 0 Å². The molecule has 0 saturated heterocycles. The van der Waals surface area contributed by atoms with Gasteiger partial charge in [0.25, 0.3) is 0 Å². The van der Waals surface area contributed by atoms with E-state index < -0.39 is 35.9 Å². The van der Waals surface area contributed by atoms with E-state index in [0.717, 1.165) is 16.5 Å². The third kappa shape index (κ3) is 6.21. The van der Waals surface area contributed by atoms with E-state index in [0.29, 0.717) is 0 Å². The largest absolute Gasteiger partial charge is 0.480 e.